The predicted octanol–water partition coefficient (Wildman–Crippen LogP) is 8.70. The average Bonchev–Trinajstić information content (AvgIpc) is 2.96. The number of fused-ring (bicyclic) bond motifs is 5. The SMILES string of the molecule is CC(=O)C(C)CC[C@@H](C)[C@H]1CC[C@@]2(C)[C@@H]3CCC4C(C)(C)CCC[C@]4(C)[C@H]3CC[C@]12C. The highest BCUT2D eigenvalue weighted by Crippen LogP contribution is 2.74. The van der Waals surface area contributed by atoms with Gasteiger partial charge in [0.1, 0.15) is 5.78 Å². The lowest BCUT2D eigenvalue weighted by atomic mass is 9.38. The van der Waals surface area contributed by atoms with Gasteiger partial charge in [-0.25, -0.2) is 0 Å². The zero-order chi connectivity index (χ0) is 22.8. The molecule has 0 radical (unpaired) electrons. The Morgan fingerprint density at radius 3 is 2.16 bits per heavy atom. The average molecular weight is 429 g/mol. The maximum absolute atomic E-state index is 11.8. The normalized spacial score (nSPS) is 48.3. The molecular weight excluding hydrogens is 376 g/mol. The molecule has 4 saturated carbocycles. The van der Waals surface area contributed by atoms with Crippen LogP contribution in [-0.2, 0) is 4.79 Å². The van der Waals surface area contributed by atoms with Crippen LogP contribution >= 0.6 is 0 Å². The second kappa shape index (κ2) is 7.87. The Kier molecular flexibility index (Phi) is 6.05. The summed E-state index contributed by atoms with van der Waals surface area (Å²) in [4.78, 5) is 11.8. The molecule has 0 spiro atoms. The van der Waals surface area contributed by atoms with Gasteiger partial charge in [0, 0.05) is 5.92 Å². The van der Waals surface area contributed by atoms with Crippen molar-refractivity contribution in [1.29, 1.82) is 0 Å². The molecule has 0 aromatic heterocycles. The van der Waals surface area contributed by atoms with Crippen molar-refractivity contribution in [1.82, 2.24) is 0 Å². The quantitative estimate of drug-likeness (QED) is 0.428. The van der Waals surface area contributed by atoms with E-state index < -0.39 is 0 Å². The van der Waals surface area contributed by atoms with E-state index in [0.717, 1.165) is 36.0 Å². The number of hydrogen-bond acceptors (Lipinski definition) is 1. The van der Waals surface area contributed by atoms with Gasteiger partial charge in [0.25, 0.3) is 0 Å². The van der Waals surface area contributed by atoms with Crippen molar-refractivity contribution < 1.29 is 4.79 Å². The number of carbonyl (C=O) groups excluding carboxylic acids is 1. The standard InChI is InChI=1S/C30H52O/c1-20(22(3)31)10-11-21(2)23-14-18-30(8)25-12-13-26-27(4,5)16-9-17-28(26,6)24(25)15-19-29(23,30)7/h20-21,23-26H,9-19H2,1-8H3/t20?,21-,23-,24+,25-,26?,28-,29-,30+/m1/s1. The summed E-state index contributed by atoms with van der Waals surface area (Å²) in [7, 11) is 0. The maximum atomic E-state index is 11.8. The highest BCUT2D eigenvalue weighted by atomic mass is 16.1. The number of carbonyl (C=O) groups is 1. The highest BCUT2D eigenvalue weighted by molar-refractivity contribution is 5.77. The molecule has 0 amide bonds. The van der Waals surface area contributed by atoms with Crippen LogP contribution in [0.4, 0.5) is 0 Å². The van der Waals surface area contributed by atoms with Crippen molar-refractivity contribution >= 4 is 5.78 Å². The molecular formula is C30H52O. The van der Waals surface area contributed by atoms with Crippen molar-refractivity contribution in [3.05, 3.63) is 0 Å². The third kappa shape index (κ3) is 3.49. The molecule has 178 valence electrons. The molecule has 4 fully saturated rings. The molecule has 4 aliphatic carbocycles. The van der Waals surface area contributed by atoms with E-state index in [1.54, 1.807) is 6.92 Å². The van der Waals surface area contributed by atoms with Crippen LogP contribution in [0.3, 0.4) is 0 Å². The minimum absolute atomic E-state index is 0.240. The Morgan fingerprint density at radius 1 is 0.806 bits per heavy atom. The fraction of sp³-hybridized carbons (Fsp3) is 0.967. The van der Waals surface area contributed by atoms with E-state index in [1.165, 1.54) is 64.2 Å². The van der Waals surface area contributed by atoms with Gasteiger partial charge in [-0.3, -0.25) is 4.79 Å². The molecule has 4 rings (SSSR count). The second-order valence-corrected chi connectivity index (χ2v) is 14.3. The molecule has 0 N–H and O–H groups in total. The van der Waals surface area contributed by atoms with Gasteiger partial charge < -0.3 is 0 Å². The Bertz CT molecular complexity index is 693. The van der Waals surface area contributed by atoms with Crippen LogP contribution in [0, 0.1) is 57.2 Å². The first-order valence-corrected chi connectivity index (χ1v) is 13.9. The van der Waals surface area contributed by atoms with Crippen molar-refractivity contribution in [3.63, 3.8) is 0 Å². The Hall–Kier alpha value is -0.330. The van der Waals surface area contributed by atoms with Crippen LogP contribution in [0.25, 0.3) is 0 Å². The fourth-order valence-electron chi connectivity index (χ4n) is 10.5. The lowest BCUT2D eigenvalue weighted by Gasteiger charge is -2.67. The van der Waals surface area contributed by atoms with Crippen molar-refractivity contribution in [3.8, 4) is 0 Å². The Morgan fingerprint density at radius 2 is 1.48 bits per heavy atom. The number of Topliss-reactive ketones (excluding diaryl/α,β-unsaturated/α-hetero) is 1. The monoisotopic (exact) mass is 428 g/mol. The number of rotatable bonds is 5. The summed E-state index contributed by atoms with van der Waals surface area (Å²) >= 11 is 0. The maximum Gasteiger partial charge on any atom is 0.132 e. The molecule has 31 heavy (non-hydrogen) atoms. The lowest BCUT2D eigenvalue weighted by Crippen LogP contribution is -2.59. The van der Waals surface area contributed by atoms with Gasteiger partial charge in [-0.2, -0.15) is 0 Å². The van der Waals surface area contributed by atoms with E-state index in [0.29, 0.717) is 27.4 Å². The lowest BCUT2D eigenvalue weighted by molar-refractivity contribution is -0.179. The zero-order valence-electron chi connectivity index (χ0n) is 22.2. The summed E-state index contributed by atoms with van der Waals surface area (Å²) in [5, 5.41) is 0. The van der Waals surface area contributed by atoms with Crippen LogP contribution in [-0.4, -0.2) is 5.78 Å². The van der Waals surface area contributed by atoms with Crippen LogP contribution < -0.4 is 0 Å². The summed E-state index contributed by atoms with van der Waals surface area (Å²) < 4.78 is 0. The number of hydrogen-bond donors (Lipinski definition) is 0. The molecule has 0 saturated heterocycles. The molecule has 0 aromatic rings. The minimum atomic E-state index is 0.240. The fourth-order valence-corrected chi connectivity index (χ4v) is 10.5. The Balaban J connectivity index is 1.55. The first-order chi connectivity index (χ1) is 14.4. The predicted molar refractivity (Wildman–Crippen MR) is 132 cm³/mol. The van der Waals surface area contributed by atoms with E-state index in [1.807, 2.05) is 0 Å². The summed E-state index contributed by atoms with van der Waals surface area (Å²) in [6.07, 6.45) is 15.5. The summed E-state index contributed by atoms with van der Waals surface area (Å²) in [6.45, 7) is 19.7. The van der Waals surface area contributed by atoms with Crippen LogP contribution in [0.5, 0.6) is 0 Å². The topological polar surface area (TPSA) is 17.1 Å². The molecule has 0 bridgehead atoms. The van der Waals surface area contributed by atoms with E-state index in [2.05, 4.69) is 48.5 Å². The molecule has 1 heteroatoms. The molecule has 4 aliphatic rings. The van der Waals surface area contributed by atoms with E-state index >= 15 is 0 Å². The molecule has 9 atom stereocenters. The van der Waals surface area contributed by atoms with Crippen LogP contribution in [0.2, 0.25) is 0 Å². The van der Waals surface area contributed by atoms with Gasteiger partial charge in [-0.05, 0) is 122 Å². The van der Waals surface area contributed by atoms with Gasteiger partial charge in [0.15, 0.2) is 0 Å². The van der Waals surface area contributed by atoms with Gasteiger partial charge >= 0.3 is 0 Å². The summed E-state index contributed by atoms with van der Waals surface area (Å²) in [5.74, 6) is 5.05. The first kappa shape index (κ1) is 23.8. The zero-order valence-corrected chi connectivity index (χ0v) is 22.2. The van der Waals surface area contributed by atoms with Crippen LogP contribution in [0.1, 0.15) is 126 Å². The van der Waals surface area contributed by atoms with E-state index in [-0.39, 0.29) is 5.92 Å². The smallest absolute Gasteiger partial charge is 0.132 e. The third-order valence-corrected chi connectivity index (χ3v) is 12.7. The Labute approximate surface area is 193 Å². The molecule has 0 heterocycles. The first-order valence-electron chi connectivity index (χ1n) is 13.9. The molecule has 0 aliphatic heterocycles. The van der Waals surface area contributed by atoms with Gasteiger partial charge in [0.2, 0.25) is 0 Å². The molecule has 0 aromatic carbocycles. The van der Waals surface area contributed by atoms with Crippen molar-refractivity contribution in [2.24, 2.45) is 57.2 Å². The van der Waals surface area contributed by atoms with Gasteiger partial charge in [-0.1, -0.05) is 54.9 Å². The molecule has 1 nitrogen and oxygen atoms in total. The van der Waals surface area contributed by atoms with E-state index in [9.17, 15) is 4.79 Å². The summed E-state index contributed by atoms with van der Waals surface area (Å²) in [6, 6.07) is 0. The highest BCUT2D eigenvalue weighted by Gasteiger charge is 2.66. The summed E-state index contributed by atoms with van der Waals surface area (Å²) in [5.41, 5.74) is 2.15. The van der Waals surface area contributed by atoms with Crippen molar-refractivity contribution in [2.75, 3.05) is 0 Å². The second-order valence-electron chi connectivity index (χ2n) is 14.3. The van der Waals surface area contributed by atoms with E-state index in [4.69, 9.17) is 0 Å². The third-order valence-electron chi connectivity index (χ3n) is 12.7. The number of ketones is 1. The van der Waals surface area contributed by atoms with Gasteiger partial charge in [-0.15, -0.1) is 0 Å². The largest absolute Gasteiger partial charge is 0.300 e. The molecule has 2 unspecified atom stereocenters. The van der Waals surface area contributed by atoms with Crippen LogP contribution in [0.15, 0.2) is 0 Å². The minimum Gasteiger partial charge on any atom is -0.300 e. The van der Waals surface area contributed by atoms with Crippen molar-refractivity contribution in [2.45, 2.75) is 126 Å². The van der Waals surface area contributed by atoms with Gasteiger partial charge in [0.05, 0.1) is 0 Å².